The Bertz CT molecular complexity index is 534. The smallest absolute Gasteiger partial charge is 0.314 e. The molecule has 4 heteroatoms. The molecular formula is C17H22ClNO2. The van der Waals surface area contributed by atoms with E-state index in [1.54, 1.807) is 0 Å². The first-order chi connectivity index (χ1) is 10.1. The van der Waals surface area contributed by atoms with Crippen LogP contribution in [0.25, 0.3) is 0 Å². The first kappa shape index (κ1) is 14.9. The number of piperidine rings is 1. The Morgan fingerprint density at radius 2 is 1.90 bits per heavy atom. The van der Waals surface area contributed by atoms with Crippen LogP contribution in [0.5, 0.6) is 0 Å². The van der Waals surface area contributed by atoms with Gasteiger partial charge in [-0.2, -0.15) is 0 Å². The summed E-state index contributed by atoms with van der Waals surface area (Å²) in [6.07, 6.45) is 6.29. The molecule has 1 saturated heterocycles. The summed E-state index contributed by atoms with van der Waals surface area (Å²) in [5.41, 5.74) is 1.30. The monoisotopic (exact) mass is 307 g/mol. The average Bonchev–Trinajstić information content (AvgIpc) is 2.41. The first-order valence-electron chi connectivity index (χ1n) is 7.86. The number of carboxylic acid groups (broad SMARTS) is 1. The van der Waals surface area contributed by atoms with Crippen LogP contribution < -0.4 is 0 Å². The molecule has 0 aromatic heterocycles. The molecule has 0 unspecified atom stereocenters. The van der Waals surface area contributed by atoms with Gasteiger partial charge in [-0.3, -0.25) is 9.69 Å². The molecule has 0 radical (unpaired) electrons. The third kappa shape index (κ3) is 2.82. The van der Waals surface area contributed by atoms with Crippen LogP contribution in [0.1, 0.15) is 49.7 Å². The molecule has 1 aromatic carbocycles. The fraction of sp³-hybridized carbons (Fsp3) is 0.588. The van der Waals surface area contributed by atoms with E-state index in [0.717, 1.165) is 50.0 Å². The van der Waals surface area contributed by atoms with Crippen LogP contribution in [0.3, 0.4) is 0 Å². The third-order valence-electron chi connectivity index (χ3n) is 5.06. The van der Waals surface area contributed by atoms with E-state index in [1.165, 1.54) is 19.3 Å². The van der Waals surface area contributed by atoms with Crippen LogP contribution >= 0.6 is 11.6 Å². The normalized spacial score (nSPS) is 21.8. The van der Waals surface area contributed by atoms with Crippen LogP contribution in [0.15, 0.2) is 18.2 Å². The van der Waals surface area contributed by atoms with Crippen molar-refractivity contribution in [1.29, 1.82) is 0 Å². The number of halogens is 1. The number of hydrogen-bond donors (Lipinski definition) is 1. The molecule has 1 N–H and O–H groups in total. The summed E-state index contributed by atoms with van der Waals surface area (Å²) in [6, 6.07) is 5.88. The van der Waals surface area contributed by atoms with Crippen molar-refractivity contribution >= 4 is 17.6 Å². The summed E-state index contributed by atoms with van der Waals surface area (Å²) < 4.78 is 0. The number of nitrogens with zero attached hydrogens (tertiary/aromatic N) is 1. The number of carbonyl (C=O) groups is 1. The quantitative estimate of drug-likeness (QED) is 0.919. The number of benzene rings is 1. The number of rotatable bonds is 4. The predicted molar refractivity (Wildman–Crippen MR) is 83.7 cm³/mol. The van der Waals surface area contributed by atoms with Crippen molar-refractivity contribution in [2.24, 2.45) is 0 Å². The Morgan fingerprint density at radius 3 is 2.43 bits per heavy atom. The summed E-state index contributed by atoms with van der Waals surface area (Å²) in [7, 11) is 0. The van der Waals surface area contributed by atoms with Crippen molar-refractivity contribution in [3.63, 3.8) is 0 Å². The maximum absolute atomic E-state index is 11.6. The molecule has 1 aromatic rings. The van der Waals surface area contributed by atoms with Crippen LogP contribution in [0.2, 0.25) is 5.02 Å². The molecule has 3 rings (SSSR count). The van der Waals surface area contributed by atoms with Crippen molar-refractivity contribution in [3.05, 3.63) is 34.3 Å². The second kappa shape index (κ2) is 5.98. The lowest BCUT2D eigenvalue weighted by molar-refractivity contribution is -0.147. The highest BCUT2D eigenvalue weighted by molar-refractivity contribution is 6.31. The van der Waals surface area contributed by atoms with Gasteiger partial charge in [0.1, 0.15) is 0 Å². The highest BCUT2D eigenvalue weighted by atomic mass is 35.5. The molecule has 0 atom stereocenters. The number of hydrogen-bond acceptors (Lipinski definition) is 2. The van der Waals surface area contributed by atoms with Gasteiger partial charge in [-0.25, -0.2) is 0 Å². The zero-order valence-electron chi connectivity index (χ0n) is 12.3. The number of likely N-dealkylation sites (tertiary alicyclic amines) is 1. The van der Waals surface area contributed by atoms with E-state index in [0.29, 0.717) is 5.02 Å². The van der Waals surface area contributed by atoms with Gasteiger partial charge in [0.15, 0.2) is 0 Å². The van der Waals surface area contributed by atoms with Gasteiger partial charge in [0.05, 0.1) is 5.41 Å². The predicted octanol–water partition coefficient (Wildman–Crippen LogP) is 3.83. The molecular weight excluding hydrogens is 286 g/mol. The second-order valence-electron chi connectivity index (χ2n) is 6.38. The number of carboxylic acids is 1. The van der Waals surface area contributed by atoms with Gasteiger partial charge in [0.2, 0.25) is 0 Å². The first-order valence-corrected chi connectivity index (χ1v) is 8.24. The van der Waals surface area contributed by atoms with Gasteiger partial charge in [0.25, 0.3) is 0 Å². The largest absolute Gasteiger partial charge is 0.481 e. The Labute approximate surface area is 130 Å². The molecule has 114 valence electrons. The molecule has 1 heterocycles. The van der Waals surface area contributed by atoms with Gasteiger partial charge in [0, 0.05) is 11.6 Å². The van der Waals surface area contributed by atoms with E-state index in [2.05, 4.69) is 4.90 Å². The maximum Gasteiger partial charge on any atom is 0.314 e. The molecule has 0 bridgehead atoms. The molecule has 2 aliphatic rings. The highest BCUT2D eigenvalue weighted by Gasteiger charge is 2.46. The summed E-state index contributed by atoms with van der Waals surface area (Å²) >= 11 is 6.42. The molecule has 1 aliphatic heterocycles. The van der Waals surface area contributed by atoms with Crippen LogP contribution in [0, 0.1) is 0 Å². The third-order valence-corrected chi connectivity index (χ3v) is 5.42. The lowest BCUT2D eigenvalue weighted by Gasteiger charge is -2.38. The van der Waals surface area contributed by atoms with Crippen LogP contribution in [-0.2, 0) is 16.8 Å². The van der Waals surface area contributed by atoms with Crippen molar-refractivity contribution < 1.29 is 9.90 Å². The SMILES string of the molecule is O=C(O)C1(c2ccc(CN3CCCCC3)c(Cl)c2)CCC1. The zero-order chi connectivity index (χ0) is 14.9. The van der Waals surface area contributed by atoms with E-state index in [4.69, 9.17) is 11.6 Å². The Balaban J connectivity index is 1.78. The lowest BCUT2D eigenvalue weighted by atomic mass is 9.64. The van der Waals surface area contributed by atoms with Gasteiger partial charge < -0.3 is 5.11 Å². The van der Waals surface area contributed by atoms with E-state index >= 15 is 0 Å². The fourth-order valence-corrected chi connectivity index (χ4v) is 3.73. The Hall–Kier alpha value is -1.06. The lowest BCUT2D eigenvalue weighted by Crippen LogP contribution is -2.42. The summed E-state index contributed by atoms with van der Waals surface area (Å²) in [5, 5.41) is 10.2. The van der Waals surface area contributed by atoms with E-state index < -0.39 is 11.4 Å². The van der Waals surface area contributed by atoms with Gasteiger partial charge in [-0.05, 0) is 56.0 Å². The molecule has 1 aliphatic carbocycles. The van der Waals surface area contributed by atoms with Crippen molar-refractivity contribution in [2.45, 2.75) is 50.5 Å². The molecule has 3 nitrogen and oxygen atoms in total. The van der Waals surface area contributed by atoms with Crippen molar-refractivity contribution in [2.75, 3.05) is 13.1 Å². The minimum atomic E-state index is -0.714. The molecule has 0 amide bonds. The van der Waals surface area contributed by atoms with E-state index in [1.807, 2.05) is 18.2 Å². The summed E-state index contributed by atoms with van der Waals surface area (Å²) in [6.45, 7) is 3.15. The van der Waals surface area contributed by atoms with Crippen LogP contribution in [-0.4, -0.2) is 29.1 Å². The molecule has 21 heavy (non-hydrogen) atoms. The zero-order valence-corrected chi connectivity index (χ0v) is 13.0. The molecule has 0 spiro atoms. The molecule has 1 saturated carbocycles. The van der Waals surface area contributed by atoms with Gasteiger partial charge >= 0.3 is 5.97 Å². The Kier molecular flexibility index (Phi) is 4.23. The van der Waals surface area contributed by atoms with E-state index in [-0.39, 0.29) is 0 Å². The topological polar surface area (TPSA) is 40.5 Å². The minimum Gasteiger partial charge on any atom is -0.481 e. The Morgan fingerprint density at radius 1 is 1.19 bits per heavy atom. The second-order valence-corrected chi connectivity index (χ2v) is 6.79. The summed E-state index contributed by atoms with van der Waals surface area (Å²) in [4.78, 5) is 14.0. The van der Waals surface area contributed by atoms with Crippen molar-refractivity contribution in [3.8, 4) is 0 Å². The number of aliphatic carboxylic acids is 1. The highest BCUT2D eigenvalue weighted by Crippen LogP contribution is 2.44. The maximum atomic E-state index is 11.6. The fourth-order valence-electron chi connectivity index (χ4n) is 3.49. The van der Waals surface area contributed by atoms with Crippen molar-refractivity contribution in [1.82, 2.24) is 4.90 Å². The standard InChI is InChI=1S/C17H22ClNO2/c18-15-11-14(17(16(20)21)7-4-8-17)6-5-13(15)12-19-9-2-1-3-10-19/h5-6,11H,1-4,7-10,12H2,(H,20,21). The molecule has 2 fully saturated rings. The van der Waals surface area contributed by atoms with Crippen LogP contribution in [0.4, 0.5) is 0 Å². The van der Waals surface area contributed by atoms with Gasteiger partial charge in [-0.1, -0.05) is 36.6 Å². The van der Waals surface area contributed by atoms with E-state index in [9.17, 15) is 9.90 Å². The summed E-state index contributed by atoms with van der Waals surface area (Å²) in [5.74, 6) is -0.714. The minimum absolute atomic E-state index is 0.687. The van der Waals surface area contributed by atoms with Gasteiger partial charge in [-0.15, -0.1) is 0 Å². The average molecular weight is 308 g/mol.